The summed E-state index contributed by atoms with van der Waals surface area (Å²) in [5, 5.41) is 0. The lowest BCUT2D eigenvalue weighted by Gasteiger charge is -2.08. The van der Waals surface area contributed by atoms with Crippen LogP contribution in [0.3, 0.4) is 0 Å². The van der Waals surface area contributed by atoms with Crippen LogP contribution in [0.1, 0.15) is 11.1 Å². The fraction of sp³-hybridized carbons (Fsp3) is 0.111. The molecule has 0 amide bonds. The number of aromatic nitrogens is 3. The third-order valence-corrected chi connectivity index (χ3v) is 4.08. The van der Waals surface area contributed by atoms with Crippen molar-refractivity contribution in [2.24, 2.45) is 0 Å². The number of hydrogen-bond acceptors (Lipinski definition) is 3. The molecule has 0 radical (unpaired) electrons. The van der Waals surface area contributed by atoms with Crippen molar-refractivity contribution in [2.75, 3.05) is 5.73 Å². The van der Waals surface area contributed by atoms with E-state index < -0.39 is 0 Å². The number of benzene rings is 2. The second kappa shape index (κ2) is 4.56. The predicted octanol–water partition coefficient (Wildman–Crippen LogP) is 3.75. The van der Waals surface area contributed by atoms with E-state index in [-0.39, 0.29) is 0 Å². The van der Waals surface area contributed by atoms with Crippen molar-refractivity contribution in [3.63, 3.8) is 0 Å². The summed E-state index contributed by atoms with van der Waals surface area (Å²) in [6.45, 7) is 4.21. The zero-order chi connectivity index (χ0) is 15.3. The largest absolute Gasteiger partial charge is 0.384 e. The molecular formula is C18H16N4. The predicted molar refractivity (Wildman–Crippen MR) is 89.8 cm³/mol. The molecule has 4 aromatic rings. The molecule has 2 aromatic heterocycles. The van der Waals surface area contributed by atoms with Crippen LogP contribution in [-0.4, -0.2) is 14.4 Å². The molecule has 22 heavy (non-hydrogen) atoms. The van der Waals surface area contributed by atoms with E-state index in [1.165, 1.54) is 11.1 Å². The van der Waals surface area contributed by atoms with Crippen molar-refractivity contribution in [1.29, 1.82) is 0 Å². The molecule has 2 heterocycles. The first-order valence-corrected chi connectivity index (χ1v) is 7.25. The SMILES string of the molecule is Cc1cc2nc3nc(N)cc(-c4ccccc4)n3c2cc1C. The van der Waals surface area contributed by atoms with Crippen molar-refractivity contribution in [2.45, 2.75) is 13.8 Å². The molecule has 4 heteroatoms. The van der Waals surface area contributed by atoms with E-state index in [1.54, 1.807) is 0 Å². The lowest BCUT2D eigenvalue weighted by molar-refractivity contribution is 1.15. The summed E-state index contributed by atoms with van der Waals surface area (Å²) < 4.78 is 2.08. The molecule has 2 N–H and O–H groups in total. The molecule has 0 aliphatic heterocycles. The van der Waals surface area contributed by atoms with Crippen LogP contribution in [0, 0.1) is 13.8 Å². The molecule has 0 bridgehead atoms. The zero-order valence-electron chi connectivity index (χ0n) is 12.5. The first kappa shape index (κ1) is 12.8. The molecule has 0 saturated carbocycles. The maximum Gasteiger partial charge on any atom is 0.237 e. The maximum atomic E-state index is 5.98. The smallest absolute Gasteiger partial charge is 0.237 e. The Bertz CT molecular complexity index is 1000. The minimum atomic E-state index is 0.482. The highest BCUT2D eigenvalue weighted by Crippen LogP contribution is 2.27. The van der Waals surface area contributed by atoms with Gasteiger partial charge < -0.3 is 5.73 Å². The topological polar surface area (TPSA) is 56.2 Å². The van der Waals surface area contributed by atoms with Gasteiger partial charge in [0.1, 0.15) is 5.82 Å². The summed E-state index contributed by atoms with van der Waals surface area (Å²) in [6.07, 6.45) is 0. The zero-order valence-corrected chi connectivity index (χ0v) is 12.5. The molecule has 0 aliphatic carbocycles. The van der Waals surface area contributed by atoms with Crippen LogP contribution in [0.25, 0.3) is 28.1 Å². The Balaban J connectivity index is 2.18. The van der Waals surface area contributed by atoms with Gasteiger partial charge in [-0.05, 0) is 42.7 Å². The number of rotatable bonds is 1. The second-order valence-corrected chi connectivity index (χ2v) is 5.60. The van der Waals surface area contributed by atoms with Gasteiger partial charge in [0.15, 0.2) is 0 Å². The highest BCUT2D eigenvalue weighted by Gasteiger charge is 2.13. The number of nitrogens with two attached hydrogens (primary N) is 1. The van der Waals surface area contributed by atoms with Gasteiger partial charge >= 0.3 is 0 Å². The Kier molecular flexibility index (Phi) is 2.66. The van der Waals surface area contributed by atoms with Gasteiger partial charge in [0, 0.05) is 6.07 Å². The molecule has 4 rings (SSSR count). The molecule has 0 unspecified atom stereocenters. The first-order valence-electron chi connectivity index (χ1n) is 7.25. The summed E-state index contributed by atoms with van der Waals surface area (Å²) in [4.78, 5) is 9.02. The summed E-state index contributed by atoms with van der Waals surface area (Å²) in [7, 11) is 0. The lowest BCUT2D eigenvalue weighted by atomic mass is 10.1. The van der Waals surface area contributed by atoms with E-state index in [4.69, 9.17) is 5.73 Å². The van der Waals surface area contributed by atoms with Crippen LogP contribution in [0.15, 0.2) is 48.5 Å². The van der Waals surface area contributed by atoms with Crippen LogP contribution in [0.4, 0.5) is 5.82 Å². The van der Waals surface area contributed by atoms with E-state index in [9.17, 15) is 0 Å². The first-order chi connectivity index (χ1) is 10.6. The number of imidazole rings is 1. The van der Waals surface area contributed by atoms with Crippen LogP contribution in [0.2, 0.25) is 0 Å². The Morgan fingerprint density at radius 1 is 0.909 bits per heavy atom. The molecule has 4 nitrogen and oxygen atoms in total. The van der Waals surface area contributed by atoms with Crippen molar-refractivity contribution >= 4 is 22.6 Å². The van der Waals surface area contributed by atoms with E-state index in [2.05, 4.69) is 52.5 Å². The van der Waals surface area contributed by atoms with Gasteiger partial charge in [-0.3, -0.25) is 4.40 Å². The Morgan fingerprint density at radius 2 is 1.64 bits per heavy atom. The summed E-state index contributed by atoms with van der Waals surface area (Å²) in [6, 6.07) is 16.4. The van der Waals surface area contributed by atoms with Crippen molar-refractivity contribution in [3.8, 4) is 11.3 Å². The summed E-state index contributed by atoms with van der Waals surface area (Å²) in [5.41, 5.74) is 12.6. The van der Waals surface area contributed by atoms with Gasteiger partial charge in [-0.2, -0.15) is 4.98 Å². The van der Waals surface area contributed by atoms with Gasteiger partial charge in [-0.15, -0.1) is 0 Å². The molecular weight excluding hydrogens is 272 g/mol. The van der Waals surface area contributed by atoms with Gasteiger partial charge in [-0.25, -0.2) is 4.98 Å². The van der Waals surface area contributed by atoms with Crippen molar-refractivity contribution in [1.82, 2.24) is 14.4 Å². The second-order valence-electron chi connectivity index (χ2n) is 5.60. The highest BCUT2D eigenvalue weighted by atomic mass is 15.1. The normalized spacial score (nSPS) is 11.4. The Morgan fingerprint density at radius 3 is 2.41 bits per heavy atom. The van der Waals surface area contributed by atoms with Crippen LogP contribution in [0.5, 0.6) is 0 Å². The minimum absolute atomic E-state index is 0.482. The van der Waals surface area contributed by atoms with Crippen LogP contribution < -0.4 is 5.73 Å². The third-order valence-electron chi connectivity index (χ3n) is 4.08. The standard InChI is InChI=1S/C18H16N4/c1-11-8-14-16(9-12(11)2)22-15(13-6-4-3-5-7-13)10-17(19)21-18(22)20-14/h3-10H,1-2H3,(H2,19,20,21). The van der Waals surface area contributed by atoms with Crippen LogP contribution in [-0.2, 0) is 0 Å². The number of hydrogen-bond donors (Lipinski definition) is 1. The molecule has 0 saturated heterocycles. The van der Waals surface area contributed by atoms with Crippen molar-refractivity contribution in [3.05, 3.63) is 59.7 Å². The van der Waals surface area contributed by atoms with Gasteiger partial charge in [0.2, 0.25) is 5.78 Å². The van der Waals surface area contributed by atoms with Crippen molar-refractivity contribution < 1.29 is 0 Å². The van der Waals surface area contributed by atoms with E-state index in [1.807, 2.05) is 24.3 Å². The average molecular weight is 288 g/mol. The quantitative estimate of drug-likeness (QED) is 0.580. The monoisotopic (exact) mass is 288 g/mol. The summed E-state index contributed by atoms with van der Waals surface area (Å²) >= 11 is 0. The van der Waals surface area contributed by atoms with Gasteiger partial charge in [0.05, 0.1) is 16.7 Å². The number of nitrogen functional groups attached to an aromatic ring is 1. The van der Waals surface area contributed by atoms with Crippen LogP contribution >= 0.6 is 0 Å². The molecule has 2 aromatic carbocycles. The molecule has 0 aliphatic rings. The van der Waals surface area contributed by atoms with E-state index in [0.717, 1.165) is 22.3 Å². The molecule has 0 fully saturated rings. The van der Waals surface area contributed by atoms with E-state index >= 15 is 0 Å². The highest BCUT2D eigenvalue weighted by molar-refractivity contribution is 5.84. The number of anilines is 1. The number of fused-ring (bicyclic) bond motifs is 3. The average Bonchev–Trinajstić information content (AvgIpc) is 2.85. The summed E-state index contributed by atoms with van der Waals surface area (Å²) in [5.74, 6) is 1.12. The third kappa shape index (κ3) is 1.84. The fourth-order valence-corrected chi connectivity index (χ4v) is 2.81. The Labute approximate surface area is 128 Å². The molecule has 108 valence electrons. The van der Waals surface area contributed by atoms with Gasteiger partial charge in [-0.1, -0.05) is 30.3 Å². The molecule has 0 spiro atoms. The fourth-order valence-electron chi connectivity index (χ4n) is 2.81. The lowest BCUT2D eigenvalue weighted by Crippen LogP contribution is -1.99. The minimum Gasteiger partial charge on any atom is -0.384 e. The maximum absolute atomic E-state index is 5.98. The van der Waals surface area contributed by atoms with E-state index in [0.29, 0.717) is 11.6 Å². The number of aryl methyl sites for hydroxylation is 2. The van der Waals surface area contributed by atoms with Gasteiger partial charge in [0.25, 0.3) is 0 Å². The Hall–Kier alpha value is -2.88. The number of nitrogens with zero attached hydrogens (tertiary/aromatic N) is 3. The molecule has 0 atom stereocenters.